The molecule has 0 saturated heterocycles. The van der Waals surface area contributed by atoms with Gasteiger partial charge in [-0.1, -0.05) is 0 Å². The predicted molar refractivity (Wildman–Crippen MR) is 71.0 cm³/mol. The first-order valence-corrected chi connectivity index (χ1v) is 6.15. The lowest BCUT2D eigenvalue weighted by Gasteiger charge is -2.09. The minimum Gasteiger partial charge on any atom is -0.399 e. The zero-order valence-electron chi connectivity index (χ0n) is 10.5. The number of aliphatic hydroxyl groups is 2. The molecule has 1 aromatic carbocycles. The van der Waals surface area contributed by atoms with Gasteiger partial charge < -0.3 is 20.5 Å². The largest absolute Gasteiger partial charge is 0.399 e. The van der Waals surface area contributed by atoms with Crippen molar-refractivity contribution in [3.8, 4) is 0 Å². The molecule has 1 aromatic heterocycles. The van der Waals surface area contributed by atoms with Crippen LogP contribution < -0.4 is 5.73 Å². The summed E-state index contributed by atoms with van der Waals surface area (Å²) in [4.78, 5) is 4.36. The first-order chi connectivity index (χ1) is 8.61. The summed E-state index contributed by atoms with van der Waals surface area (Å²) in [6, 6.07) is 5.55. The van der Waals surface area contributed by atoms with E-state index in [-0.39, 0.29) is 12.7 Å². The number of nitrogens with two attached hydrogens (primary N) is 1. The summed E-state index contributed by atoms with van der Waals surface area (Å²) in [6.07, 6.45) is 1.29. The van der Waals surface area contributed by atoms with Gasteiger partial charge in [0.15, 0.2) is 0 Å². The third-order valence-electron chi connectivity index (χ3n) is 3.00. The molecule has 0 spiro atoms. The Kier molecular flexibility index (Phi) is 3.84. The summed E-state index contributed by atoms with van der Waals surface area (Å²) < 4.78 is 1.98. The molecule has 5 nitrogen and oxygen atoms in total. The molecular formula is C13H19N3O2. The van der Waals surface area contributed by atoms with E-state index >= 15 is 0 Å². The van der Waals surface area contributed by atoms with Crippen LogP contribution in [0.5, 0.6) is 0 Å². The normalized spacial score (nSPS) is 13.1. The fourth-order valence-corrected chi connectivity index (χ4v) is 2.11. The summed E-state index contributed by atoms with van der Waals surface area (Å²) in [6.45, 7) is 2.42. The molecule has 0 aliphatic carbocycles. The van der Waals surface area contributed by atoms with E-state index in [1.807, 2.05) is 16.7 Å². The van der Waals surface area contributed by atoms with Gasteiger partial charge in [0.05, 0.1) is 17.1 Å². The van der Waals surface area contributed by atoms with Crippen molar-refractivity contribution in [2.24, 2.45) is 0 Å². The molecule has 2 aromatic rings. The highest BCUT2D eigenvalue weighted by Gasteiger charge is 2.10. The van der Waals surface area contributed by atoms with Gasteiger partial charge in [0, 0.05) is 12.2 Å². The van der Waals surface area contributed by atoms with E-state index in [4.69, 9.17) is 5.73 Å². The third kappa shape index (κ3) is 2.63. The number of nitrogen functional groups attached to an aromatic ring is 1. The van der Waals surface area contributed by atoms with Gasteiger partial charge in [0.25, 0.3) is 0 Å². The topological polar surface area (TPSA) is 84.3 Å². The molecule has 18 heavy (non-hydrogen) atoms. The van der Waals surface area contributed by atoms with Crippen LogP contribution in [0, 0.1) is 0 Å². The van der Waals surface area contributed by atoms with Crippen LogP contribution in [0.1, 0.15) is 25.6 Å². The molecule has 1 unspecified atom stereocenters. The summed E-state index contributed by atoms with van der Waals surface area (Å²) >= 11 is 0. The second-order valence-electron chi connectivity index (χ2n) is 4.58. The van der Waals surface area contributed by atoms with E-state index < -0.39 is 0 Å². The van der Waals surface area contributed by atoms with E-state index in [9.17, 15) is 10.2 Å². The zero-order valence-corrected chi connectivity index (χ0v) is 10.5. The molecule has 0 aliphatic rings. The van der Waals surface area contributed by atoms with Gasteiger partial charge in [-0.05, 0) is 38.0 Å². The maximum absolute atomic E-state index is 9.33. The molecule has 2 rings (SSSR count). The van der Waals surface area contributed by atoms with E-state index in [1.165, 1.54) is 0 Å². The summed E-state index contributed by atoms with van der Waals surface area (Å²) in [5, 5.41) is 18.6. The summed E-state index contributed by atoms with van der Waals surface area (Å²) in [5.74, 6) is 0.640. The van der Waals surface area contributed by atoms with Crippen molar-refractivity contribution in [2.75, 3.05) is 5.73 Å². The highest BCUT2D eigenvalue weighted by molar-refractivity contribution is 5.79. The van der Waals surface area contributed by atoms with Crippen LogP contribution in [0.4, 0.5) is 5.69 Å². The number of imidazole rings is 1. The molecule has 0 aliphatic heterocycles. The number of aromatic nitrogens is 2. The smallest absolute Gasteiger partial charge is 0.135 e. The van der Waals surface area contributed by atoms with Gasteiger partial charge >= 0.3 is 0 Å². The molecule has 98 valence electrons. The molecule has 0 saturated carbocycles. The van der Waals surface area contributed by atoms with E-state index in [1.54, 1.807) is 13.0 Å². The van der Waals surface area contributed by atoms with Crippen LogP contribution in [0.3, 0.4) is 0 Å². The fourth-order valence-electron chi connectivity index (χ4n) is 2.11. The van der Waals surface area contributed by atoms with Gasteiger partial charge in [-0.3, -0.25) is 0 Å². The average molecular weight is 249 g/mol. The molecule has 1 atom stereocenters. The minimum atomic E-state index is -0.298. The highest BCUT2D eigenvalue weighted by atomic mass is 16.3. The van der Waals surface area contributed by atoms with Crippen molar-refractivity contribution < 1.29 is 10.2 Å². The Balaban J connectivity index is 2.29. The summed E-state index contributed by atoms with van der Waals surface area (Å²) in [5.41, 5.74) is 8.16. The number of hydrogen-bond donors (Lipinski definition) is 3. The second kappa shape index (κ2) is 5.37. The van der Waals surface area contributed by atoms with Crippen molar-refractivity contribution in [1.82, 2.24) is 9.55 Å². The lowest BCUT2D eigenvalue weighted by Crippen LogP contribution is -2.07. The van der Waals surface area contributed by atoms with Crippen molar-refractivity contribution >= 4 is 16.7 Å². The average Bonchev–Trinajstić information content (AvgIpc) is 2.66. The Morgan fingerprint density at radius 3 is 2.89 bits per heavy atom. The lowest BCUT2D eigenvalue weighted by molar-refractivity contribution is 0.179. The fraction of sp³-hybridized carbons (Fsp3) is 0.462. The molecule has 0 bridgehead atoms. The zero-order chi connectivity index (χ0) is 13.1. The quantitative estimate of drug-likeness (QED) is 0.697. The molecule has 0 fully saturated rings. The molecule has 5 heteroatoms. The molecule has 1 heterocycles. The molecule has 0 radical (unpaired) electrons. The van der Waals surface area contributed by atoms with Crippen molar-refractivity contribution in [1.29, 1.82) is 0 Å². The Labute approximate surface area is 106 Å². The van der Waals surface area contributed by atoms with Gasteiger partial charge in [0.2, 0.25) is 0 Å². The van der Waals surface area contributed by atoms with E-state index in [2.05, 4.69) is 4.98 Å². The predicted octanol–water partition coefficient (Wildman–Crippen LogP) is 1.27. The Hall–Kier alpha value is -1.59. The maximum Gasteiger partial charge on any atom is 0.135 e. The second-order valence-corrected chi connectivity index (χ2v) is 4.58. The van der Waals surface area contributed by atoms with Crippen LogP contribution in [-0.4, -0.2) is 25.9 Å². The molecule has 4 N–H and O–H groups in total. The van der Waals surface area contributed by atoms with Crippen molar-refractivity contribution in [3.63, 3.8) is 0 Å². The highest BCUT2D eigenvalue weighted by Crippen LogP contribution is 2.20. The van der Waals surface area contributed by atoms with Gasteiger partial charge in [-0.2, -0.15) is 0 Å². The third-order valence-corrected chi connectivity index (χ3v) is 3.00. The summed E-state index contributed by atoms with van der Waals surface area (Å²) in [7, 11) is 0. The standard InChI is InChI=1S/C13H19N3O2/c1-9(18)3-2-6-16-12-5-4-10(14)7-11(12)15-13(16)8-17/h4-5,7,9,17-18H,2-3,6,8,14H2,1H3. The lowest BCUT2D eigenvalue weighted by atomic mass is 10.2. The monoisotopic (exact) mass is 249 g/mol. The number of fused-ring (bicyclic) bond motifs is 1. The molecule has 0 amide bonds. The number of nitrogens with zero attached hydrogens (tertiary/aromatic N) is 2. The number of rotatable bonds is 5. The van der Waals surface area contributed by atoms with Crippen LogP contribution in [0.2, 0.25) is 0 Å². The first kappa shape index (κ1) is 12.9. The number of benzene rings is 1. The van der Waals surface area contributed by atoms with Crippen molar-refractivity contribution in [2.45, 2.75) is 39.0 Å². The Bertz CT molecular complexity index is 534. The number of hydrogen-bond acceptors (Lipinski definition) is 4. The van der Waals surface area contributed by atoms with E-state index in [0.717, 1.165) is 30.4 Å². The van der Waals surface area contributed by atoms with E-state index in [0.29, 0.717) is 11.5 Å². The number of aryl methyl sites for hydroxylation is 1. The number of anilines is 1. The van der Waals surface area contributed by atoms with Gasteiger partial charge in [-0.15, -0.1) is 0 Å². The van der Waals surface area contributed by atoms with Crippen LogP contribution >= 0.6 is 0 Å². The first-order valence-electron chi connectivity index (χ1n) is 6.15. The maximum atomic E-state index is 9.33. The van der Waals surface area contributed by atoms with Gasteiger partial charge in [0.1, 0.15) is 12.4 Å². The van der Waals surface area contributed by atoms with Crippen LogP contribution in [-0.2, 0) is 13.2 Å². The van der Waals surface area contributed by atoms with Crippen LogP contribution in [0.15, 0.2) is 18.2 Å². The SMILES string of the molecule is CC(O)CCCn1c(CO)nc2cc(N)ccc21. The van der Waals surface area contributed by atoms with Crippen molar-refractivity contribution in [3.05, 3.63) is 24.0 Å². The number of aliphatic hydroxyl groups excluding tert-OH is 2. The Morgan fingerprint density at radius 2 is 2.22 bits per heavy atom. The van der Waals surface area contributed by atoms with Gasteiger partial charge in [-0.25, -0.2) is 4.98 Å². The van der Waals surface area contributed by atoms with Crippen LogP contribution in [0.25, 0.3) is 11.0 Å². The minimum absolute atomic E-state index is 0.0940. The Morgan fingerprint density at radius 1 is 1.44 bits per heavy atom. The molecular weight excluding hydrogens is 230 g/mol.